The topological polar surface area (TPSA) is 59.8 Å². The average molecular weight is 357 g/mol. The Morgan fingerprint density at radius 1 is 1.09 bits per heavy atom. The van der Waals surface area contributed by atoms with Crippen LogP contribution in [0.4, 0.5) is 5.69 Å². The van der Waals surface area contributed by atoms with Crippen molar-refractivity contribution < 1.29 is 4.79 Å². The lowest BCUT2D eigenvalue weighted by molar-refractivity contribution is 0.102. The predicted molar refractivity (Wildman–Crippen MR) is 88.2 cm³/mol. The number of rotatable bonds is 3. The second-order valence-corrected chi connectivity index (χ2v) is 5.71. The highest BCUT2D eigenvalue weighted by atomic mass is 79.9. The SMILES string of the molecule is Cc1cnnn1-c1ccc(C(=O)Nc2ccc(Br)cc2)cc1. The second kappa shape index (κ2) is 6.11. The molecule has 5 nitrogen and oxygen atoms in total. The lowest BCUT2D eigenvalue weighted by Gasteiger charge is -2.07. The minimum atomic E-state index is -0.149. The van der Waals surface area contributed by atoms with Gasteiger partial charge in [0.1, 0.15) is 0 Å². The van der Waals surface area contributed by atoms with Crippen LogP contribution >= 0.6 is 15.9 Å². The number of carbonyl (C=O) groups is 1. The van der Waals surface area contributed by atoms with Crippen molar-refractivity contribution in [2.75, 3.05) is 5.32 Å². The van der Waals surface area contributed by atoms with Crippen molar-refractivity contribution in [1.82, 2.24) is 15.0 Å². The lowest BCUT2D eigenvalue weighted by atomic mass is 10.2. The van der Waals surface area contributed by atoms with E-state index in [1.54, 1.807) is 23.0 Å². The first-order chi connectivity index (χ1) is 10.6. The Bertz CT molecular complexity index is 794. The zero-order valence-corrected chi connectivity index (χ0v) is 13.4. The fraction of sp³-hybridized carbons (Fsp3) is 0.0625. The molecule has 1 aromatic heterocycles. The van der Waals surface area contributed by atoms with Gasteiger partial charge in [0, 0.05) is 15.7 Å². The first-order valence-electron chi connectivity index (χ1n) is 6.68. The highest BCUT2D eigenvalue weighted by Crippen LogP contribution is 2.16. The molecule has 0 bridgehead atoms. The summed E-state index contributed by atoms with van der Waals surface area (Å²) in [6, 6.07) is 14.7. The van der Waals surface area contributed by atoms with Crippen LogP contribution in [0.25, 0.3) is 5.69 Å². The first-order valence-corrected chi connectivity index (χ1v) is 7.47. The molecule has 1 N–H and O–H groups in total. The number of nitrogens with one attached hydrogen (secondary N) is 1. The third-order valence-corrected chi connectivity index (χ3v) is 3.72. The van der Waals surface area contributed by atoms with Gasteiger partial charge in [-0.05, 0) is 55.5 Å². The van der Waals surface area contributed by atoms with Crippen molar-refractivity contribution in [3.05, 3.63) is 70.5 Å². The van der Waals surface area contributed by atoms with E-state index in [9.17, 15) is 4.79 Å². The number of halogens is 1. The largest absolute Gasteiger partial charge is 0.322 e. The highest BCUT2D eigenvalue weighted by molar-refractivity contribution is 9.10. The summed E-state index contributed by atoms with van der Waals surface area (Å²) in [4.78, 5) is 12.2. The maximum atomic E-state index is 12.2. The Hall–Kier alpha value is -2.47. The number of nitrogens with zero attached hydrogens (tertiary/aromatic N) is 3. The standard InChI is InChI=1S/C16H13BrN4O/c1-11-10-18-20-21(11)15-8-2-12(3-9-15)16(22)19-14-6-4-13(17)5-7-14/h2-10H,1H3,(H,19,22). The number of amides is 1. The van der Waals surface area contributed by atoms with E-state index in [4.69, 9.17) is 0 Å². The van der Waals surface area contributed by atoms with Crippen LogP contribution in [0.3, 0.4) is 0 Å². The smallest absolute Gasteiger partial charge is 0.255 e. The Balaban J connectivity index is 1.76. The van der Waals surface area contributed by atoms with Crippen LogP contribution in [0.5, 0.6) is 0 Å². The third kappa shape index (κ3) is 3.07. The van der Waals surface area contributed by atoms with Gasteiger partial charge in [0.25, 0.3) is 5.91 Å². The molecule has 0 aliphatic rings. The highest BCUT2D eigenvalue weighted by Gasteiger charge is 2.07. The van der Waals surface area contributed by atoms with Gasteiger partial charge in [-0.2, -0.15) is 0 Å². The van der Waals surface area contributed by atoms with Crippen molar-refractivity contribution >= 4 is 27.5 Å². The van der Waals surface area contributed by atoms with E-state index >= 15 is 0 Å². The fourth-order valence-corrected chi connectivity index (χ4v) is 2.30. The van der Waals surface area contributed by atoms with Crippen LogP contribution in [0, 0.1) is 6.92 Å². The molecule has 0 saturated carbocycles. The quantitative estimate of drug-likeness (QED) is 0.779. The molecule has 0 spiro atoms. The van der Waals surface area contributed by atoms with E-state index < -0.39 is 0 Å². The summed E-state index contributed by atoms with van der Waals surface area (Å²) in [6.07, 6.45) is 1.69. The van der Waals surface area contributed by atoms with Crippen LogP contribution in [0.15, 0.2) is 59.2 Å². The average Bonchev–Trinajstić information content (AvgIpc) is 2.96. The lowest BCUT2D eigenvalue weighted by Crippen LogP contribution is -2.12. The van der Waals surface area contributed by atoms with Crippen LogP contribution in [-0.2, 0) is 0 Å². The predicted octanol–water partition coefficient (Wildman–Crippen LogP) is 3.59. The molecule has 22 heavy (non-hydrogen) atoms. The van der Waals surface area contributed by atoms with Crippen LogP contribution in [-0.4, -0.2) is 20.9 Å². The number of benzene rings is 2. The monoisotopic (exact) mass is 356 g/mol. The summed E-state index contributed by atoms with van der Waals surface area (Å²) >= 11 is 3.36. The molecule has 0 aliphatic carbocycles. The van der Waals surface area contributed by atoms with E-state index in [2.05, 4.69) is 31.6 Å². The molecule has 0 unspecified atom stereocenters. The van der Waals surface area contributed by atoms with Gasteiger partial charge >= 0.3 is 0 Å². The molecule has 3 rings (SSSR count). The summed E-state index contributed by atoms with van der Waals surface area (Å²) < 4.78 is 2.69. The van der Waals surface area contributed by atoms with Gasteiger partial charge in [0.05, 0.1) is 17.6 Å². The molecule has 0 saturated heterocycles. The van der Waals surface area contributed by atoms with Crippen molar-refractivity contribution in [3.63, 3.8) is 0 Å². The number of carbonyl (C=O) groups excluding carboxylic acids is 1. The molecule has 3 aromatic rings. The maximum Gasteiger partial charge on any atom is 0.255 e. The van der Waals surface area contributed by atoms with E-state index in [-0.39, 0.29) is 5.91 Å². The van der Waals surface area contributed by atoms with E-state index in [0.717, 1.165) is 21.5 Å². The van der Waals surface area contributed by atoms with Crippen molar-refractivity contribution in [1.29, 1.82) is 0 Å². The van der Waals surface area contributed by atoms with Gasteiger partial charge in [0.2, 0.25) is 0 Å². The minimum absolute atomic E-state index is 0.149. The number of aryl methyl sites for hydroxylation is 1. The second-order valence-electron chi connectivity index (χ2n) is 4.80. The molecule has 0 aliphatic heterocycles. The van der Waals surface area contributed by atoms with Crippen LogP contribution < -0.4 is 5.32 Å². The number of anilines is 1. The molecule has 110 valence electrons. The molecule has 2 aromatic carbocycles. The maximum absolute atomic E-state index is 12.2. The number of hydrogen-bond acceptors (Lipinski definition) is 3. The number of aromatic nitrogens is 3. The van der Waals surface area contributed by atoms with Gasteiger partial charge in [-0.15, -0.1) is 5.10 Å². The Morgan fingerprint density at radius 2 is 1.77 bits per heavy atom. The van der Waals surface area contributed by atoms with Crippen LogP contribution in [0.1, 0.15) is 16.1 Å². The molecular weight excluding hydrogens is 344 g/mol. The van der Waals surface area contributed by atoms with Crippen molar-refractivity contribution in [2.24, 2.45) is 0 Å². The minimum Gasteiger partial charge on any atom is -0.322 e. The summed E-state index contributed by atoms with van der Waals surface area (Å²) in [5.74, 6) is -0.149. The molecule has 1 heterocycles. The molecule has 0 radical (unpaired) electrons. The summed E-state index contributed by atoms with van der Waals surface area (Å²) in [5.41, 5.74) is 3.15. The first kappa shape index (κ1) is 14.5. The summed E-state index contributed by atoms with van der Waals surface area (Å²) in [6.45, 7) is 1.92. The van der Waals surface area contributed by atoms with Crippen molar-refractivity contribution in [2.45, 2.75) is 6.92 Å². The van der Waals surface area contributed by atoms with E-state index in [1.165, 1.54) is 0 Å². The molecule has 0 atom stereocenters. The molecule has 1 amide bonds. The molecule has 0 fully saturated rings. The van der Waals surface area contributed by atoms with Gasteiger partial charge in [-0.1, -0.05) is 21.1 Å². The van der Waals surface area contributed by atoms with Crippen LogP contribution in [0.2, 0.25) is 0 Å². The fourth-order valence-electron chi connectivity index (χ4n) is 2.03. The van der Waals surface area contributed by atoms with Gasteiger partial charge in [0.15, 0.2) is 0 Å². The number of hydrogen-bond donors (Lipinski definition) is 1. The normalized spacial score (nSPS) is 10.5. The summed E-state index contributed by atoms with van der Waals surface area (Å²) in [7, 11) is 0. The molecule has 6 heteroatoms. The van der Waals surface area contributed by atoms with Gasteiger partial charge in [-0.25, -0.2) is 4.68 Å². The van der Waals surface area contributed by atoms with Crippen molar-refractivity contribution in [3.8, 4) is 5.69 Å². The van der Waals surface area contributed by atoms with Gasteiger partial charge < -0.3 is 5.32 Å². The Kier molecular flexibility index (Phi) is 4.02. The van der Waals surface area contributed by atoms with E-state index in [0.29, 0.717) is 5.56 Å². The molecular formula is C16H13BrN4O. The zero-order chi connectivity index (χ0) is 15.5. The Labute approximate surface area is 136 Å². The van der Waals surface area contributed by atoms with Gasteiger partial charge in [-0.3, -0.25) is 4.79 Å². The third-order valence-electron chi connectivity index (χ3n) is 3.20. The zero-order valence-electron chi connectivity index (χ0n) is 11.8. The van der Waals surface area contributed by atoms with E-state index in [1.807, 2.05) is 43.3 Å². The summed E-state index contributed by atoms with van der Waals surface area (Å²) in [5, 5.41) is 10.7. The Morgan fingerprint density at radius 3 is 2.36 bits per heavy atom.